The monoisotopic (exact) mass is 274 g/mol. The molecule has 0 amide bonds. The molecule has 2 rings (SSSR count). The molecule has 106 valence electrons. The summed E-state index contributed by atoms with van der Waals surface area (Å²) in [6.07, 6.45) is 9.80. The van der Waals surface area contributed by atoms with Gasteiger partial charge in [-0.1, -0.05) is 31.6 Å². The van der Waals surface area contributed by atoms with Crippen LogP contribution in [0.15, 0.2) is 36.4 Å². The molecule has 0 fully saturated rings. The van der Waals surface area contributed by atoms with Crippen LogP contribution in [0, 0.1) is 0 Å². The molecule has 0 aromatic heterocycles. The summed E-state index contributed by atoms with van der Waals surface area (Å²) in [7, 11) is 0. The number of carbonyl (C=O) groups excluding carboxylic acids is 1. The van der Waals surface area contributed by atoms with Gasteiger partial charge >= 0.3 is 5.97 Å². The summed E-state index contributed by atoms with van der Waals surface area (Å²) in [5.74, 6) is -0.854. The predicted octanol–water partition coefficient (Wildman–Crippen LogP) is 3.09. The summed E-state index contributed by atoms with van der Waals surface area (Å²) in [6.45, 7) is 2.10. The number of fused-ring (bicyclic) bond motifs is 1. The second kappa shape index (κ2) is 6.28. The van der Waals surface area contributed by atoms with Gasteiger partial charge in [0.2, 0.25) is 0 Å². The van der Waals surface area contributed by atoms with E-state index in [0.29, 0.717) is 12.0 Å². The topological polar surface area (TPSA) is 66.8 Å². The highest BCUT2D eigenvalue weighted by atomic mass is 16.5. The third kappa shape index (κ3) is 3.20. The molecule has 1 unspecified atom stereocenters. The third-order valence-corrected chi connectivity index (χ3v) is 3.10. The summed E-state index contributed by atoms with van der Waals surface area (Å²) in [5.41, 5.74) is 0.750. The molecule has 1 aromatic carbocycles. The molecular weight excluding hydrogens is 256 g/mol. The highest BCUT2D eigenvalue weighted by Gasteiger charge is 2.28. The molecule has 4 nitrogen and oxygen atoms in total. The van der Waals surface area contributed by atoms with Crippen molar-refractivity contribution in [1.29, 1.82) is 0 Å². The number of carbonyl (C=O) groups is 1. The SMILES string of the molecule is CCCC=CC=CC1Cc2cc(O)cc(O)c2C(=O)O1. The molecule has 0 bridgehead atoms. The van der Waals surface area contributed by atoms with Crippen LogP contribution in [0.5, 0.6) is 11.5 Å². The first kappa shape index (κ1) is 14.2. The van der Waals surface area contributed by atoms with Crippen molar-refractivity contribution >= 4 is 5.97 Å². The first-order chi connectivity index (χ1) is 9.61. The molecular formula is C16H18O4. The Hall–Kier alpha value is -2.23. The Bertz CT molecular complexity index is 558. The zero-order chi connectivity index (χ0) is 14.5. The zero-order valence-electron chi connectivity index (χ0n) is 11.4. The molecule has 1 heterocycles. The second-order valence-corrected chi connectivity index (χ2v) is 4.75. The highest BCUT2D eigenvalue weighted by Crippen LogP contribution is 2.32. The first-order valence-corrected chi connectivity index (χ1v) is 6.71. The van der Waals surface area contributed by atoms with Crippen LogP contribution in [0.4, 0.5) is 0 Å². The average molecular weight is 274 g/mol. The minimum atomic E-state index is -0.559. The van der Waals surface area contributed by atoms with E-state index in [9.17, 15) is 15.0 Å². The smallest absolute Gasteiger partial charge is 0.342 e. The zero-order valence-corrected chi connectivity index (χ0v) is 11.4. The van der Waals surface area contributed by atoms with Gasteiger partial charge in [-0.2, -0.15) is 0 Å². The molecule has 2 N–H and O–H groups in total. The van der Waals surface area contributed by atoms with E-state index in [1.807, 2.05) is 18.2 Å². The second-order valence-electron chi connectivity index (χ2n) is 4.75. The summed E-state index contributed by atoms with van der Waals surface area (Å²) in [4.78, 5) is 11.8. The van der Waals surface area contributed by atoms with Gasteiger partial charge in [-0.3, -0.25) is 0 Å². The lowest BCUT2D eigenvalue weighted by molar-refractivity contribution is 0.0353. The number of phenols is 2. The van der Waals surface area contributed by atoms with Crippen LogP contribution in [0.2, 0.25) is 0 Å². The number of phenolic OH excluding ortho intramolecular Hbond substituents is 2. The van der Waals surface area contributed by atoms with E-state index in [2.05, 4.69) is 6.92 Å². The molecule has 20 heavy (non-hydrogen) atoms. The number of ether oxygens (including phenoxy) is 1. The number of rotatable bonds is 4. The van der Waals surface area contributed by atoms with Crippen LogP contribution in [0.3, 0.4) is 0 Å². The van der Waals surface area contributed by atoms with Crippen molar-refractivity contribution in [2.75, 3.05) is 0 Å². The predicted molar refractivity (Wildman–Crippen MR) is 75.9 cm³/mol. The Morgan fingerprint density at radius 1 is 1.35 bits per heavy atom. The fraction of sp³-hybridized carbons (Fsp3) is 0.312. The number of aromatic hydroxyl groups is 2. The number of allylic oxidation sites excluding steroid dienone is 3. The van der Waals surface area contributed by atoms with Crippen molar-refractivity contribution in [2.24, 2.45) is 0 Å². The maximum absolute atomic E-state index is 11.8. The maximum atomic E-state index is 11.8. The molecule has 0 spiro atoms. The van der Waals surface area contributed by atoms with Gasteiger partial charge in [0.15, 0.2) is 0 Å². The Balaban J connectivity index is 2.13. The van der Waals surface area contributed by atoms with Gasteiger partial charge in [0, 0.05) is 12.5 Å². The van der Waals surface area contributed by atoms with Gasteiger partial charge in [0.05, 0.1) is 0 Å². The molecule has 1 aliphatic rings. The van der Waals surface area contributed by atoms with E-state index in [-0.39, 0.29) is 23.2 Å². The lowest BCUT2D eigenvalue weighted by Gasteiger charge is -2.23. The summed E-state index contributed by atoms with van der Waals surface area (Å²) >= 11 is 0. The summed E-state index contributed by atoms with van der Waals surface area (Å²) < 4.78 is 5.24. The van der Waals surface area contributed by atoms with Crippen LogP contribution in [-0.2, 0) is 11.2 Å². The molecule has 1 atom stereocenters. The standard InChI is InChI=1S/C16H18O4/c1-2-3-4-5-6-7-13-9-11-8-12(17)10-14(18)15(11)16(19)20-13/h4-8,10,13,17-18H,2-3,9H2,1H3. The summed E-state index contributed by atoms with van der Waals surface area (Å²) in [5, 5.41) is 19.2. The van der Waals surface area contributed by atoms with Crippen LogP contribution in [-0.4, -0.2) is 22.3 Å². The third-order valence-electron chi connectivity index (χ3n) is 3.10. The van der Waals surface area contributed by atoms with Crippen LogP contribution in [0.25, 0.3) is 0 Å². The van der Waals surface area contributed by atoms with Crippen LogP contribution < -0.4 is 0 Å². The number of unbranched alkanes of at least 4 members (excludes halogenated alkanes) is 1. The molecule has 0 saturated heterocycles. The van der Waals surface area contributed by atoms with Gasteiger partial charge in [-0.15, -0.1) is 0 Å². The Morgan fingerprint density at radius 3 is 2.90 bits per heavy atom. The largest absolute Gasteiger partial charge is 0.508 e. The number of esters is 1. The van der Waals surface area contributed by atoms with E-state index in [4.69, 9.17) is 4.74 Å². The van der Waals surface area contributed by atoms with Crippen molar-refractivity contribution in [3.8, 4) is 11.5 Å². The minimum Gasteiger partial charge on any atom is -0.508 e. The molecule has 0 saturated carbocycles. The Morgan fingerprint density at radius 2 is 2.15 bits per heavy atom. The van der Waals surface area contributed by atoms with Gasteiger partial charge in [0.1, 0.15) is 23.2 Å². The van der Waals surface area contributed by atoms with E-state index in [0.717, 1.165) is 18.9 Å². The van der Waals surface area contributed by atoms with Gasteiger partial charge in [-0.25, -0.2) is 4.79 Å². The Labute approximate surface area is 118 Å². The average Bonchev–Trinajstić information content (AvgIpc) is 2.37. The molecule has 0 aliphatic carbocycles. The first-order valence-electron chi connectivity index (χ1n) is 6.71. The van der Waals surface area contributed by atoms with Gasteiger partial charge < -0.3 is 14.9 Å². The molecule has 1 aliphatic heterocycles. The van der Waals surface area contributed by atoms with E-state index in [1.54, 1.807) is 6.08 Å². The normalized spacial score (nSPS) is 18.4. The fourth-order valence-corrected chi connectivity index (χ4v) is 2.16. The van der Waals surface area contributed by atoms with Crippen molar-refractivity contribution in [1.82, 2.24) is 0 Å². The highest BCUT2D eigenvalue weighted by molar-refractivity contribution is 5.95. The van der Waals surface area contributed by atoms with Crippen molar-refractivity contribution in [2.45, 2.75) is 32.3 Å². The van der Waals surface area contributed by atoms with Crippen molar-refractivity contribution in [3.05, 3.63) is 47.6 Å². The molecule has 0 radical (unpaired) electrons. The van der Waals surface area contributed by atoms with Crippen LogP contribution in [0.1, 0.15) is 35.7 Å². The van der Waals surface area contributed by atoms with Crippen LogP contribution >= 0.6 is 0 Å². The maximum Gasteiger partial charge on any atom is 0.342 e. The number of cyclic esters (lactones) is 1. The molecule has 1 aromatic rings. The van der Waals surface area contributed by atoms with Gasteiger partial charge in [0.25, 0.3) is 0 Å². The van der Waals surface area contributed by atoms with E-state index >= 15 is 0 Å². The van der Waals surface area contributed by atoms with E-state index in [1.165, 1.54) is 6.07 Å². The van der Waals surface area contributed by atoms with Crippen molar-refractivity contribution in [3.63, 3.8) is 0 Å². The summed E-state index contributed by atoms with van der Waals surface area (Å²) in [6, 6.07) is 2.63. The number of benzene rings is 1. The lowest BCUT2D eigenvalue weighted by atomic mass is 9.97. The number of hydrogen-bond acceptors (Lipinski definition) is 4. The molecule has 4 heteroatoms. The quantitative estimate of drug-likeness (QED) is 0.654. The van der Waals surface area contributed by atoms with Gasteiger partial charge in [-0.05, 0) is 24.1 Å². The minimum absolute atomic E-state index is 0.0541. The number of hydrogen-bond donors (Lipinski definition) is 2. The fourth-order valence-electron chi connectivity index (χ4n) is 2.16. The Kier molecular flexibility index (Phi) is 4.45. The lowest BCUT2D eigenvalue weighted by Crippen LogP contribution is -2.26. The van der Waals surface area contributed by atoms with E-state index < -0.39 is 5.97 Å². The van der Waals surface area contributed by atoms with Crippen molar-refractivity contribution < 1.29 is 19.7 Å².